The third kappa shape index (κ3) is 2.85. The van der Waals surface area contributed by atoms with Crippen LogP contribution in [-0.4, -0.2) is 17.7 Å². The number of carbonyl (C=O) groups is 1. The van der Waals surface area contributed by atoms with Crippen LogP contribution in [-0.2, 0) is 6.54 Å². The molecule has 1 amide bonds. The number of rotatable bonds is 3. The van der Waals surface area contributed by atoms with E-state index in [1.165, 1.54) is 12.3 Å². The summed E-state index contributed by atoms with van der Waals surface area (Å²) in [5, 5.41) is 2.88. The van der Waals surface area contributed by atoms with E-state index in [9.17, 15) is 4.79 Å². The maximum Gasteiger partial charge on any atom is 0.254 e. The predicted molar refractivity (Wildman–Crippen MR) is 77.4 cm³/mol. The van der Waals surface area contributed by atoms with Crippen LogP contribution in [0.2, 0.25) is 5.15 Å². The fourth-order valence-electron chi connectivity index (χ4n) is 1.95. The van der Waals surface area contributed by atoms with Gasteiger partial charge in [0.05, 0.1) is 17.4 Å². The minimum Gasteiger partial charge on any atom is -0.454 e. The summed E-state index contributed by atoms with van der Waals surface area (Å²) in [6.45, 7) is 0.552. The first-order valence-electron chi connectivity index (χ1n) is 6.21. The number of carbonyl (C=O) groups excluding carboxylic acids is 1. The smallest absolute Gasteiger partial charge is 0.254 e. The van der Waals surface area contributed by atoms with Crippen LogP contribution in [0.15, 0.2) is 30.5 Å². The minimum absolute atomic E-state index is 0.118. The standard InChI is InChI=1S/C14H12ClN3O3/c15-13-10(4-9(16)6-17-13)14(19)18-5-8-1-2-11-12(3-8)21-7-20-11/h1-4,6H,5,7,16H2,(H,18,19). The number of fused-ring (bicyclic) bond motifs is 1. The van der Waals surface area contributed by atoms with Gasteiger partial charge in [0.25, 0.3) is 5.91 Å². The Hall–Kier alpha value is -2.47. The molecule has 7 heteroatoms. The summed E-state index contributed by atoms with van der Waals surface area (Å²) >= 11 is 5.89. The number of amides is 1. The van der Waals surface area contributed by atoms with Gasteiger partial charge in [-0.2, -0.15) is 0 Å². The number of nitrogen functional groups attached to an aromatic ring is 1. The molecule has 1 aromatic heterocycles. The molecule has 1 aliphatic rings. The van der Waals surface area contributed by atoms with Gasteiger partial charge in [0.2, 0.25) is 6.79 Å². The molecule has 0 saturated heterocycles. The Labute approximate surface area is 125 Å². The summed E-state index contributed by atoms with van der Waals surface area (Å²) in [6, 6.07) is 6.97. The SMILES string of the molecule is Nc1cnc(Cl)c(C(=O)NCc2ccc3c(c2)OCO3)c1. The number of anilines is 1. The van der Waals surface area contributed by atoms with Crippen molar-refractivity contribution in [2.24, 2.45) is 0 Å². The molecule has 0 saturated carbocycles. The molecule has 0 unspecified atom stereocenters. The van der Waals surface area contributed by atoms with Crippen LogP contribution in [0.3, 0.4) is 0 Å². The Morgan fingerprint density at radius 3 is 3.00 bits per heavy atom. The van der Waals surface area contributed by atoms with Crippen LogP contribution < -0.4 is 20.5 Å². The Morgan fingerprint density at radius 1 is 1.33 bits per heavy atom. The highest BCUT2D eigenvalue weighted by atomic mass is 35.5. The fraction of sp³-hybridized carbons (Fsp3) is 0.143. The number of hydrogen-bond donors (Lipinski definition) is 2. The third-order valence-corrected chi connectivity index (χ3v) is 3.30. The first-order valence-corrected chi connectivity index (χ1v) is 6.59. The lowest BCUT2D eigenvalue weighted by atomic mass is 10.2. The van der Waals surface area contributed by atoms with Crippen molar-refractivity contribution in [1.82, 2.24) is 10.3 Å². The van der Waals surface area contributed by atoms with Crippen LogP contribution in [0.1, 0.15) is 15.9 Å². The largest absolute Gasteiger partial charge is 0.454 e. The van der Waals surface area contributed by atoms with Crippen LogP contribution in [0.25, 0.3) is 0 Å². The molecule has 0 radical (unpaired) electrons. The molecular formula is C14H12ClN3O3. The molecule has 3 N–H and O–H groups in total. The van der Waals surface area contributed by atoms with E-state index in [1.807, 2.05) is 12.1 Å². The minimum atomic E-state index is -0.336. The van der Waals surface area contributed by atoms with Gasteiger partial charge in [-0.15, -0.1) is 0 Å². The van der Waals surface area contributed by atoms with Gasteiger partial charge < -0.3 is 20.5 Å². The van der Waals surface area contributed by atoms with Crippen molar-refractivity contribution in [2.75, 3.05) is 12.5 Å². The third-order valence-electron chi connectivity index (χ3n) is 2.99. The highest BCUT2D eigenvalue weighted by molar-refractivity contribution is 6.32. The number of aromatic nitrogens is 1. The average molecular weight is 306 g/mol. The van der Waals surface area contributed by atoms with Gasteiger partial charge in [0.15, 0.2) is 11.5 Å². The monoisotopic (exact) mass is 305 g/mol. The summed E-state index contributed by atoms with van der Waals surface area (Å²) in [4.78, 5) is 15.9. The molecule has 3 rings (SSSR count). The molecule has 0 aliphatic carbocycles. The molecular weight excluding hydrogens is 294 g/mol. The molecule has 0 spiro atoms. The normalized spacial score (nSPS) is 12.2. The topological polar surface area (TPSA) is 86.5 Å². The van der Waals surface area contributed by atoms with Crippen LogP contribution in [0.4, 0.5) is 5.69 Å². The zero-order chi connectivity index (χ0) is 14.8. The molecule has 108 valence electrons. The van der Waals surface area contributed by atoms with Gasteiger partial charge in [-0.25, -0.2) is 4.98 Å². The molecule has 1 aromatic carbocycles. The fourth-order valence-corrected chi connectivity index (χ4v) is 2.14. The van der Waals surface area contributed by atoms with E-state index in [2.05, 4.69) is 10.3 Å². The summed E-state index contributed by atoms with van der Waals surface area (Å²) in [5.74, 6) is 1.04. The molecule has 6 nitrogen and oxygen atoms in total. The van der Waals surface area contributed by atoms with E-state index in [0.29, 0.717) is 23.7 Å². The zero-order valence-corrected chi connectivity index (χ0v) is 11.7. The van der Waals surface area contributed by atoms with E-state index >= 15 is 0 Å². The Morgan fingerprint density at radius 2 is 2.14 bits per heavy atom. The van der Waals surface area contributed by atoms with Crippen LogP contribution >= 0.6 is 11.6 Å². The Bertz CT molecular complexity index is 706. The second kappa shape index (κ2) is 5.49. The van der Waals surface area contributed by atoms with Crippen LogP contribution in [0.5, 0.6) is 11.5 Å². The quantitative estimate of drug-likeness (QED) is 0.847. The maximum absolute atomic E-state index is 12.1. The number of nitrogens with two attached hydrogens (primary N) is 1. The molecule has 0 atom stereocenters. The summed E-state index contributed by atoms with van der Waals surface area (Å²) in [7, 11) is 0. The number of benzene rings is 1. The lowest BCUT2D eigenvalue weighted by Gasteiger charge is -2.07. The number of halogens is 1. The highest BCUT2D eigenvalue weighted by Gasteiger charge is 2.15. The highest BCUT2D eigenvalue weighted by Crippen LogP contribution is 2.32. The van der Waals surface area contributed by atoms with Crippen molar-refractivity contribution in [3.8, 4) is 11.5 Å². The van der Waals surface area contributed by atoms with Gasteiger partial charge in [-0.1, -0.05) is 17.7 Å². The van der Waals surface area contributed by atoms with E-state index < -0.39 is 0 Å². The van der Waals surface area contributed by atoms with Crippen molar-refractivity contribution in [3.63, 3.8) is 0 Å². The first kappa shape index (κ1) is 13.5. The second-order valence-corrected chi connectivity index (χ2v) is 4.84. The lowest BCUT2D eigenvalue weighted by molar-refractivity contribution is 0.0950. The number of pyridine rings is 1. The van der Waals surface area contributed by atoms with Gasteiger partial charge in [-0.05, 0) is 23.8 Å². The molecule has 0 fully saturated rings. The lowest BCUT2D eigenvalue weighted by Crippen LogP contribution is -2.23. The predicted octanol–water partition coefficient (Wildman–Crippen LogP) is 1.98. The maximum atomic E-state index is 12.1. The van der Waals surface area contributed by atoms with E-state index in [0.717, 1.165) is 5.56 Å². The van der Waals surface area contributed by atoms with Crippen molar-refractivity contribution < 1.29 is 14.3 Å². The van der Waals surface area contributed by atoms with Gasteiger partial charge in [0.1, 0.15) is 5.15 Å². The summed E-state index contributed by atoms with van der Waals surface area (Å²) < 4.78 is 10.5. The number of nitrogens with one attached hydrogen (secondary N) is 1. The molecule has 1 aliphatic heterocycles. The Kier molecular flexibility index (Phi) is 3.53. The van der Waals surface area contributed by atoms with Crippen LogP contribution in [0, 0.1) is 0 Å². The Balaban J connectivity index is 1.70. The van der Waals surface area contributed by atoms with Crippen molar-refractivity contribution in [1.29, 1.82) is 0 Å². The summed E-state index contributed by atoms with van der Waals surface area (Å²) in [6.07, 6.45) is 1.40. The van der Waals surface area contributed by atoms with Gasteiger partial charge in [0, 0.05) is 6.54 Å². The van der Waals surface area contributed by atoms with E-state index in [4.69, 9.17) is 26.8 Å². The van der Waals surface area contributed by atoms with Gasteiger partial charge >= 0.3 is 0 Å². The van der Waals surface area contributed by atoms with E-state index in [1.54, 1.807) is 6.07 Å². The number of ether oxygens (including phenoxy) is 2. The van der Waals surface area contributed by atoms with E-state index in [-0.39, 0.29) is 23.4 Å². The molecule has 21 heavy (non-hydrogen) atoms. The average Bonchev–Trinajstić information content (AvgIpc) is 2.94. The second-order valence-electron chi connectivity index (χ2n) is 4.48. The number of hydrogen-bond acceptors (Lipinski definition) is 5. The van der Waals surface area contributed by atoms with Gasteiger partial charge in [-0.3, -0.25) is 4.79 Å². The molecule has 0 bridgehead atoms. The van der Waals surface area contributed by atoms with Crippen molar-refractivity contribution in [3.05, 3.63) is 46.7 Å². The summed E-state index contributed by atoms with van der Waals surface area (Å²) in [5.41, 5.74) is 7.12. The first-order chi connectivity index (χ1) is 10.1. The zero-order valence-electron chi connectivity index (χ0n) is 10.9. The van der Waals surface area contributed by atoms with Crippen molar-refractivity contribution >= 4 is 23.2 Å². The number of nitrogens with zero attached hydrogens (tertiary/aromatic N) is 1. The molecule has 2 aromatic rings. The van der Waals surface area contributed by atoms with Crippen molar-refractivity contribution in [2.45, 2.75) is 6.54 Å². The molecule has 2 heterocycles.